The van der Waals surface area contributed by atoms with Gasteiger partial charge in [-0.2, -0.15) is 5.26 Å². The molecule has 0 aliphatic heterocycles. The first kappa shape index (κ1) is 14.4. The van der Waals surface area contributed by atoms with Gasteiger partial charge in [-0.15, -0.1) is 0 Å². The molecule has 0 unspecified atom stereocenters. The number of anilines is 1. The first-order valence-corrected chi connectivity index (χ1v) is 7.64. The molecule has 0 atom stereocenters. The van der Waals surface area contributed by atoms with Gasteiger partial charge in [0.25, 0.3) is 0 Å². The Hall–Kier alpha value is -1.05. The smallest absolute Gasteiger partial charge is 0.100 e. The van der Waals surface area contributed by atoms with E-state index in [1.54, 1.807) is 0 Å². The molecule has 2 rings (SSSR count). The number of halogens is 1. The number of nitrogens with one attached hydrogen (secondary N) is 1. The van der Waals surface area contributed by atoms with Crippen molar-refractivity contribution in [2.24, 2.45) is 0 Å². The van der Waals surface area contributed by atoms with E-state index in [-0.39, 0.29) is 0 Å². The molecule has 0 amide bonds. The minimum atomic E-state index is 0.675. The third-order valence-corrected chi connectivity index (χ3v) is 4.49. The zero-order valence-electron chi connectivity index (χ0n) is 11.3. The maximum absolute atomic E-state index is 8.87. The summed E-state index contributed by atoms with van der Waals surface area (Å²) in [6, 6.07) is 8.69. The Morgan fingerprint density at radius 3 is 2.79 bits per heavy atom. The lowest BCUT2D eigenvalue weighted by molar-refractivity contribution is 0.254. The SMILES string of the molecule is CN(CCNc1ccc(C#N)c(Br)c1)C1CCCC1. The predicted octanol–water partition coefficient (Wildman–Crippen LogP) is 3.61. The van der Waals surface area contributed by atoms with Crippen molar-refractivity contribution in [3.8, 4) is 6.07 Å². The van der Waals surface area contributed by atoms with E-state index >= 15 is 0 Å². The van der Waals surface area contributed by atoms with Crippen LogP contribution in [0.5, 0.6) is 0 Å². The Kier molecular flexibility index (Phi) is 5.24. The van der Waals surface area contributed by atoms with Crippen molar-refractivity contribution in [3.63, 3.8) is 0 Å². The second kappa shape index (κ2) is 6.93. The second-order valence-electron chi connectivity index (χ2n) is 5.15. The van der Waals surface area contributed by atoms with Gasteiger partial charge in [-0.25, -0.2) is 0 Å². The summed E-state index contributed by atoms with van der Waals surface area (Å²) < 4.78 is 0.851. The monoisotopic (exact) mass is 321 g/mol. The van der Waals surface area contributed by atoms with Gasteiger partial charge in [-0.1, -0.05) is 12.8 Å². The van der Waals surface area contributed by atoms with Crippen LogP contribution in [-0.4, -0.2) is 31.1 Å². The predicted molar refractivity (Wildman–Crippen MR) is 82.2 cm³/mol. The summed E-state index contributed by atoms with van der Waals surface area (Å²) in [6.07, 6.45) is 5.45. The van der Waals surface area contributed by atoms with E-state index in [0.29, 0.717) is 5.56 Å². The summed E-state index contributed by atoms with van der Waals surface area (Å²) in [5, 5.41) is 12.3. The summed E-state index contributed by atoms with van der Waals surface area (Å²) in [4.78, 5) is 2.46. The zero-order valence-corrected chi connectivity index (χ0v) is 12.9. The first-order chi connectivity index (χ1) is 9.20. The molecular weight excluding hydrogens is 302 g/mol. The highest BCUT2D eigenvalue weighted by Gasteiger charge is 2.18. The molecule has 1 aliphatic rings. The first-order valence-electron chi connectivity index (χ1n) is 6.84. The van der Waals surface area contributed by atoms with Crippen molar-refractivity contribution in [3.05, 3.63) is 28.2 Å². The third kappa shape index (κ3) is 3.95. The minimum Gasteiger partial charge on any atom is -0.384 e. The lowest BCUT2D eigenvalue weighted by atomic mass is 10.2. The maximum atomic E-state index is 8.87. The van der Waals surface area contributed by atoms with E-state index in [9.17, 15) is 0 Å². The van der Waals surface area contributed by atoms with Gasteiger partial charge in [0.1, 0.15) is 6.07 Å². The van der Waals surface area contributed by atoms with E-state index in [0.717, 1.165) is 29.3 Å². The van der Waals surface area contributed by atoms with E-state index in [1.165, 1.54) is 25.7 Å². The Labute approximate surface area is 123 Å². The maximum Gasteiger partial charge on any atom is 0.100 e. The van der Waals surface area contributed by atoms with Gasteiger partial charge in [-0.05, 0) is 54.0 Å². The molecular formula is C15H20BrN3. The average molecular weight is 322 g/mol. The minimum absolute atomic E-state index is 0.675. The van der Waals surface area contributed by atoms with Gasteiger partial charge >= 0.3 is 0 Å². The van der Waals surface area contributed by atoms with Crippen LogP contribution in [0.2, 0.25) is 0 Å². The van der Waals surface area contributed by atoms with Crippen molar-refractivity contribution in [2.45, 2.75) is 31.7 Å². The molecule has 1 aromatic carbocycles. The quantitative estimate of drug-likeness (QED) is 0.900. The van der Waals surface area contributed by atoms with Crippen molar-refractivity contribution in [1.82, 2.24) is 4.90 Å². The van der Waals surface area contributed by atoms with E-state index < -0.39 is 0 Å². The molecule has 0 radical (unpaired) electrons. The molecule has 0 heterocycles. The van der Waals surface area contributed by atoms with E-state index in [1.807, 2.05) is 18.2 Å². The molecule has 1 saturated carbocycles. The lowest BCUT2D eigenvalue weighted by Crippen LogP contribution is -2.33. The van der Waals surface area contributed by atoms with Gasteiger partial charge in [0.05, 0.1) is 5.56 Å². The van der Waals surface area contributed by atoms with Crippen molar-refractivity contribution in [1.29, 1.82) is 5.26 Å². The van der Waals surface area contributed by atoms with Crippen LogP contribution in [0.1, 0.15) is 31.2 Å². The summed E-state index contributed by atoms with van der Waals surface area (Å²) in [5.41, 5.74) is 1.74. The number of nitrogens with zero attached hydrogens (tertiary/aromatic N) is 2. The Bertz CT molecular complexity index is 461. The van der Waals surface area contributed by atoms with Crippen molar-refractivity contribution >= 4 is 21.6 Å². The standard InChI is InChI=1S/C15H20BrN3/c1-19(14-4-2-3-5-14)9-8-18-13-7-6-12(11-17)15(16)10-13/h6-7,10,14,18H,2-5,8-9H2,1H3. The van der Waals surface area contributed by atoms with E-state index in [2.05, 4.69) is 39.3 Å². The van der Waals surface area contributed by atoms with Gasteiger partial charge in [0.2, 0.25) is 0 Å². The number of hydrogen-bond acceptors (Lipinski definition) is 3. The van der Waals surface area contributed by atoms with Crippen molar-refractivity contribution < 1.29 is 0 Å². The fourth-order valence-electron chi connectivity index (χ4n) is 2.62. The van der Waals surface area contributed by atoms with Crippen LogP contribution in [0.3, 0.4) is 0 Å². The number of hydrogen-bond donors (Lipinski definition) is 1. The highest BCUT2D eigenvalue weighted by Crippen LogP contribution is 2.23. The molecule has 0 bridgehead atoms. The van der Waals surface area contributed by atoms with Crippen LogP contribution in [-0.2, 0) is 0 Å². The van der Waals surface area contributed by atoms with Crippen LogP contribution in [0.25, 0.3) is 0 Å². The van der Waals surface area contributed by atoms with Gasteiger partial charge in [0, 0.05) is 29.3 Å². The highest BCUT2D eigenvalue weighted by molar-refractivity contribution is 9.10. The van der Waals surface area contributed by atoms with Crippen LogP contribution >= 0.6 is 15.9 Å². The summed E-state index contributed by atoms with van der Waals surface area (Å²) in [5.74, 6) is 0. The molecule has 3 nitrogen and oxygen atoms in total. The number of rotatable bonds is 5. The Morgan fingerprint density at radius 1 is 1.42 bits per heavy atom. The number of likely N-dealkylation sites (N-methyl/N-ethyl adjacent to an activating group) is 1. The highest BCUT2D eigenvalue weighted by atomic mass is 79.9. The van der Waals surface area contributed by atoms with E-state index in [4.69, 9.17) is 5.26 Å². The molecule has 4 heteroatoms. The van der Waals surface area contributed by atoms with Crippen LogP contribution in [0, 0.1) is 11.3 Å². The number of nitriles is 1. The summed E-state index contributed by atoms with van der Waals surface area (Å²) >= 11 is 3.41. The largest absolute Gasteiger partial charge is 0.384 e. The summed E-state index contributed by atoms with van der Waals surface area (Å²) in [7, 11) is 2.21. The molecule has 1 aromatic rings. The molecule has 1 fully saturated rings. The van der Waals surface area contributed by atoms with Gasteiger partial charge < -0.3 is 10.2 Å². The molecule has 0 saturated heterocycles. The third-order valence-electron chi connectivity index (χ3n) is 3.83. The molecule has 1 N–H and O–H groups in total. The summed E-state index contributed by atoms with van der Waals surface area (Å²) in [6.45, 7) is 1.99. The fraction of sp³-hybridized carbons (Fsp3) is 0.533. The van der Waals surface area contributed by atoms with Crippen molar-refractivity contribution in [2.75, 3.05) is 25.5 Å². The second-order valence-corrected chi connectivity index (χ2v) is 6.01. The Morgan fingerprint density at radius 2 is 2.16 bits per heavy atom. The number of benzene rings is 1. The van der Waals surface area contributed by atoms with Gasteiger partial charge in [-0.3, -0.25) is 0 Å². The lowest BCUT2D eigenvalue weighted by Gasteiger charge is -2.24. The van der Waals surface area contributed by atoms with Gasteiger partial charge in [0.15, 0.2) is 0 Å². The molecule has 1 aliphatic carbocycles. The zero-order chi connectivity index (χ0) is 13.7. The molecule has 0 aromatic heterocycles. The molecule has 19 heavy (non-hydrogen) atoms. The average Bonchev–Trinajstić information content (AvgIpc) is 2.93. The molecule has 102 valence electrons. The topological polar surface area (TPSA) is 39.1 Å². The normalized spacial score (nSPS) is 15.7. The van der Waals surface area contributed by atoms with Crippen LogP contribution < -0.4 is 5.32 Å². The fourth-order valence-corrected chi connectivity index (χ4v) is 3.09. The molecule has 0 spiro atoms. The Balaban J connectivity index is 1.79. The van der Waals surface area contributed by atoms with Crippen LogP contribution in [0.15, 0.2) is 22.7 Å². The van der Waals surface area contributed by atoms with Crippen LogP contribution in [0.4, 0.5) is 5.69 Å².